The number of amides is 1. The summed E-state index contributed by atoms with van der Waals surface area (Å²) in [6, 6.07) is 11.2. The summed E-state index contributed by atoms with van der Waals surface area (Å²) in [4.78, 5) is 21.6. The van der Waals surface area contributed by atoms with Gasteiger partial charge in [-0.3, -0.25) is 14.7 Å². The standard InChI is InChI=1S/C21H25N7O2/c29-21(19-2-4-20(5-3-19)28-17-23-24-25-28)27(16-18-6-8-22-9-7-18)11-1-10-26-12-14-30-15-13-26/h2-9,17H,1,10-16H2. The van der Waals surface area contributed by atoms with E-state index in [9.17, 15) is 4.79 Å². The largest absolute Gasteiger partial charge is 0.379 e. The van der Waals surface area contributed by atoms with E-state index in [2.05, 4.69) is 25.4 Å². The minimum atomic E-state index is 0.0112. The first-order valence-corrected chi connectivity index (χ1v) is 10.1. The molecule has 3 aromatic rings. The Balaban J connectivity index is 1.43. The van der Waals surface area contributed by atoms with Crippen LogP contribution in [0.3, 0.4) is 0 Å². The maximum atomic E-state index is 13.3. The van der Waals surface area contributed by atoms with Gasteiger partial charge in [-0.05, 0) is 58.8 Å². The van der Waals surface area contributed by atoms with Crippen LogP contribution in [-0.2, 0) is 11.3 Å². The van der Waals surface area contributed by atoms with Gasteiger partial charge in [-0.1, -0.05) is 0 Å². The molecule has 0 radical (unpaired) electrons. The third kappa shape index (κ3) is 5.25. The molecule has 156 valence electrons. The Hall–Kier alpha value is -3.17. The van der Waals surface area contributed by atoms with E-state index in [1.807, 2.05) is 41.3 Å². The predicted octanol–water partition coefficient (Wildman–Crippen LogP) is 1.42. The molecule has 0 bridgehead atoms. The molecule has 1 aliphatic rings. The molecule has 1 aromatic carbocycles. The fourth-order valence-electron chi connectivity index (χ4n) is 3.49. The summed E-state index contributed by atoms with van der Waals surface area (Å²) in [5.41, 5.74) is 2.52. The summed E-state index contributed by atoms with van der Waals surface area (Å²) < 4.78 is 6.97. The minimum absolute atomic E-state index is 0.0112. The van der Waals surface area contributed by atoms with Crippen LogP contribution in [0.25, 0.3) is 5.69 Å². The van der Waals surface area contributed by atoms with E-state index in [1.165, 1.54) is 6.33 Å². The van der Waals surface area contributed by atoms with E-state index in [-0.39, 0.29) is 5.91 Å². The Morgan fingerprint density at radius 2 is 1.83 bits per heavy atom. The smallest absolute Gasteiger partial charge is 0.254 e. The lowest BCUT2D eigenvalue weighted by molar-refractivity contribution is 0.0355. The molecule has 0 unspecified atom stereocenters. The molecule has 30 heavy (non-hydrogen) atoms. The summed E-state index contributed by atoms with van der Waals surface area (Å²) in [5, 5.41) is 11.2. The van der Waals surface area contributed by atoms with Crippen LogP contribution >= 0.6 is 0 Å². The summed E-state index contributed by atoms with van der Waals surface area (Å²) in [7, 11) is 0. The van der Waals surface area contributed by atoms with Crippen LogP contribution in [0, 0.1) is 0 Å². The van der Waals surface area contributed by atoms with Crippen molar-refractivity contribution in [2.75, 3.05) is 39.4 Å². The fraction of sp³-hybridized carbons (Fsp3) is 0.381. The zero-order chi connectivity index (χ0) is 20.6. The minimum Gasteiger partial charge on any atom is -0.379 e. The normalized spacial score (nSPS) is 14.5. The number of hydrogen-bond acceptors (Lipinski definition) is 7. The van der Waals surface area contributed by atoms with Gasteiger partial charge < -0.3 is 9.64 Å². The number of hydrogen-bond donors (Lipinski definition) is 0. The van der Waals surface area contributed by atoms with Gasteiger partial charge in [0, 0.05) is 50.7 Å². The van der Waals surface area contributed by atoms with Gasteiger partial charge in [0.05, 0.1) is 18.9 Å². The molecule has 3 heterocycles. The number of benzene rings is 1. The van der Waals surface area contributed by atoms with Crippen molar-refractivity contribution in [3.8, 4) is 5.69 Å². The van der Waals surface area contributed by atoms with Crippen molar-refractivity contribution in [1.29, 1.82) is 0 Å². The fourth-order valence-corrected chi connectivity index (χ4v) is 3.49. The molecule has 0 aliphatic carbocycles. The number of ether oxygens (including phenoxy) is 1. The molecule has 0 atom stereocenters. The Bertz CT molecular complexity index is 910. The van der Waals surface area contributed by atoms with E-state index in [1.54, 1.807) is 17.1 Å². The van der Waals surface area contributed by atoms with E-state index in [0.717, 1.165) is 50.5 Å². The van der Waals surface area contributed by atoms with Crippen molar-refractivity contribution in [3.63, 3.8) is 0 Å². The molecule has 0 spiro atoms. The lowest BCUT2D eigenvalue weighted by Gasteiger charge is -2.28. The first-order valence-electron chi connectivity index (χ1n) is 10.1. The molecule has 0 saturated carbocycles. The van der Waals surface area contributed by atoms with E-state index >= 15 is 0 Å². The third-order valence-corrected chi connectivity index (χ3v) is 5.14. The van der Waals surface area contributed by atoms with Crippen LogP contribution in [0.1, 0.15) is 22.3 Å². The van der Waals surface area contributed by atoms with Gasteiger partial charge in [-0.2, -0.15) is 0 Å². The van der Waals surface area contributed by atoms with Gasteiger partial charge in [-0.15, -0.1) is 5.10 Å². The molecule has 1 saturated heterocycles. The van der Waals surface area contributed by atoms with Crippen molar-refractivity contribution < 1.29 is 9.53 Å². The third-order valence-electron chi connectivity index (χ3n) is 5.14. The number of morpholine rings is 1. The molecule has 1 fully saturated rings. The second-order valence-corrected chi connectivity index (χ2v) is 7.19. The monoisotopic (exact) mass is 407 g/mol. The zero-order valence-electron chi connectivity index (χ0n) is 16.8. The molecule has 1 amide bonds. The van der Waals surface area contributed by atoms with E-state index in [0.29, 0.717) is 18.7 Å². The first kappa shape index (κ1) is 20.1. The Labute approximate surface area is 175 Å². The second-order valence-electron chi connectivity index (χ2n) is 7.19. The molecule has 1 aliphatic heterocycles. The van der Waals surface area contributed by atoms with Gasteiger partial charge in [0.2, 0.25) is 0 Å². The van der Waals surface area contributed by atoms with Crippen molar-refractivity contribution in [1.82, 2.24) is 35.0 Å². The van der Waals surface area contributed by atoms with Crippen molar-refractivity contribution in [2.45, 2.75) is 13.0 Å². The number of tetrazole rings is 1. The lowest BCUT2D eigenvalue weighted by atomic mass is 10.1. The van der Waals surface area contributed by atoms with Crippen LogP contribution in [-0.4, -0.2) is 80.3 Å². The number of carbonyl (C=O) groups is 1. The average molecular weight is 407 g/mol. The van der Waals surface area contributed by atoms with E-state index in [4.69, 9.17) is 4.74 Å². The summed E-state index contributed by atoms with van der Waals surface area (Å²) in [6.07, 6.45) is 5.96. The number of rotatable bonds is 8. The average Bonchev–Trinajstić information content (AvgIpc) is 3.35. The Morgan fingerprint density at radius 3 is 2.53 bits per heavy atom. The molecule has 9 nitrogen and oxygen atoms in total. The zero-order valence-corrected chi connectivity index (χ0v) is 16.8. The summed E-state index contributed by atoms with van der Waals surface area (Å²) >= 11 is 0. The van der Waals surface area contributed by atoms with Crippen molar-refractivity contribution >= 4 is 5.91 Å². The van der Waals surface area contributed by atoms with Crippen LogP contribution < -0.4 is 0 Å². The molecule has 4 rings (SSSR count). The summed E-state index contributed by atoms with van der Waals surface area (Å²) in [5.74, 6) is 0.0112. The highest BCUT2D eigenvalue weighted by Crippen LogP contribution is 2.14. The highest BCUT2D eigenvalue weighted by atomic mass is 16.5. The summed E-state index contributed by atoms with van der Waals surface area (Å²) in [6.45, 7) is 5.68. The highest BCUT2D eigenvalue weighted by molar-refractivity contribution is 5.94. The lowest BCUT2D eigenvalue weighted by Crippen LogP contribution is -2.39. The van der Waals surface area contributed by atoms with Crippen LogP contribution in [0.15, 0.2) is 55.1 Å². The second kappa shape index (κ2) is 10.0. The maximum absolute atomic E-state index is 13.3. The molecule has 9 heteroatoms. The van der Waals surface area contributed by atoms with Gasteiger partial charge in [-0.25, -0.2) is 4.68 Å². The van der Waals surface area contributed by atoms with Gasteiger partial charge in [0.25, 0.3) is 5.91 Å². The predicted molar refractivity (Wildman–Crippen MR) is 110 cm³/mol. The van der Waals surface area contributed by atoms with Gasteiger partial charge >= 0.3 is 0 Å². The molecule has 0 N–H and O–H groups in total. The maximum Gasteiger partial charge on any atom is 0.254 e. The molecular weight excluding hydrogens is 382 g/mol. The van der Waals surface area contributed by atoms with Crippen LogP contribution in [0.5, 0.6) is 0 Å². The van der Waals surface area contributed by atoms with Crippen LogP contribution in [0.4, 0.5) is 0 Å². The number of nitrogens with zero attached hydrogens (tertiary/aromatic N) is 7. The van der Waals surface area contributed by atoms with Crippen LogP contribution in [0.2, 0.25) is 0 Å². The van der Waals surface area contributed by atoms with Gasteiger partial charge in [0.15, 0.2) is 0 Å². The topological polar surface area (TPSA) is 89.3 Å². The number of aromatic nitrogens is 5. The van der Waals surface area contributed by atoms with Gasteiger partial charge in [0.1, 0.15) is 6.33 Å². The number of carbonyl (C=O) groups excluding carboxylic acids is 1. The molecule has 2 aromatic heterocycles. The SMILES string of the molecule is O=C(c1ccc(-n2cnnn2)cc1)N(CCCN1CCOCC1)Cc1ccncc1. The van der Waals surface area contributed by atoms with Crippen molar-refractivity contribution in [3.05, 3.63) is 66.2 Å². The van der Waals surface area contributed by atoms with Crippen molar-refractivity contribution in [2.24, 2.45) is 0 Å². The first-order chi connectivity index (χ1) is 14.8. The van der Waals surface area contributed by atoms with E-state index < -0.39 is 0 Å². The number of pyridine rings is 1. The quantitative estimate of drug-likeness (QED) is 0.558. The molecular formula is C21H25N7O2. The highest BCUT2D eigenvalue weighted by Gasteiger charge is 2.18. The Kier molecular flexibility index (Phi) is 6.73. The Morgan fingerprint density at radius 1 is 1.07 bits per heavy atom.